The molecule has 2 N–H and O–H groups in total. The standard InChI is InChI=1S/C11H21NO3S/c1-8(2)7-12-11(13)9-5-3-4-6-10(9)16(14)15/h8-10H,3-7H2,1-2H3,(H,12,13)(H,14,15). The third-order valence-corrected chi connectivity index (χ3v) is 4.07. The lowest BCUT2D eigenvalue weighted by Gasteiger charge is -2.28. The molecule has 1 saturated carbocycles. The predicted octanol–water partition coefficient (Wildman–Crippen LogP) is 1.54. The number of carbonyl (C=O) groups is 1. The Bertz CT molecular complexity index is 268. The molecule has 0 bridgehead atoms. The van der Waals surface area contributed by atoms with Crippen molar-refractivity contribution in [3.63, 3.8) is 0 Å². The molecule has 1 aliphatic rings. The summed E-state index contributed by atoms with van der Waals surface area (Å²) in [6.45, 7) is 4.70. The van der Waals surface area contributed by atoms with E-state index >= 15 is 0 Å². The maximum Gasteiger partial charge on any atom is 0.224 e. The fraction of sp³-hybridized carbons (Fsp3) is 0.909. The average Bonchev–Trinajstić information content (AvgIpc) is 2.25. The predicted molar refractivity (Wildman–Crippen MR) is 64.4 cm³/mol. The van der Waals surface area contributed by atoms with E-state index in [4.69, 9.17) is 4.55 Å². The minimum absolute atomic E-state index is 0.0548. The molecule has 1 rings (SSSR count). The van der Waals surface area contributed by atoms with Crippen molar-refractivity contribution in [2.24, 2.45) is 11.8 Å². The van der Waals surface area contributed by atoms with Crippen LogP contribution in [0.1, 0.15) is 39.5 Å². The van der Waals surface area contributed by atoms with Gasteiger partial charge in [0.15, 0.2) is 11.1 Å². The molecule has 0 aliphatic heterocycles. The van der Waals surface area contributed by atoms with Crippen LogP contribution in [0.4, 0.5) is 0 Å². The van der Waals surface area contributed by atoms with Crippen molar-refractivity contribution in [3.05, 3.63) is 0 Å². The fourth-order valence-corrected chi connectivity index (χ4v) is 2.98. The summed E-state index contributed by atoms with van der Waals surface area (Å²) in [5.74, 6) is 0.0738. The van der Waals surface area contributed by atoms with Gasteiger partial charge in [-0.1, -0.05) is 26.7 Å². The van der Waals surface area contributed by atoms with Gasteiger partial charge in [-0.05, 0) is 18.8 Å². The summed E-state index contributed by atoms with van der Waals surface area (Å²) < 4.78 is 20.3. The molecule has 1 fully saturated rings. The van der Waals surface area contributed by atoms with E-state index in [0.717, 1.165) is 19.3 Å². The van der Waals surface area contributed by atoms with Crippen LogP contribution in [0.3, 0.4) is 0 Å². The van der Waals surface area contributed by atoms with Gasteiger partial charge in [-0.15, -0.1) is 0 Å². The van der Waals surface area contributed by atoms with Crippen LogP contribution in [-0.4, -0.2) is 26.5 Å². The Kier molecular flexibility index (Phi) is 5.41. The molecule has 0 saturated heterocycles. The van der Waals surface area contributed by atoms with E-state index in [-0.39, 0.29) is 17.1 Å². The van der Waals surface area contributed by atoms with Crippen molar-refractivity contribution in [1.29, 1.82) is 0 Å². The maximum absolute atomic E-state index is 11.9. The monoisotopic (exact) mass is 247 g/mol. The van der Waals surface area contributed by atoms with Gasteiger partial charge in [-0.3, -0.25) is 4.79 Å². The number of rotatable bonds is 4. The molecule has 0 radical (unpaired) electrons. The molecule has 5 heteroatoms. The van der Waals surface area contributed by atoms with E-state index in [1.54, 1.807) is 0 Å². The molecule has 0 aromatic carbocycles. The smallest absolute Gasteiger partial charge is 0.224 e. The summed E-state index contributed by atoms with van der Waals surface area (Å²) in [7, 11) is 0. The zero-order valence-electron chi connectivity index (χ0n) is 9.94. The largest absolute Gasteiger partial charge is 0.356 e. The molecule has 1 amide bonds. The zero-order chi connectivity index (χ0) is 12.1. The fourth-order valence-electron chi connectivity index (χ4n) is 2.07. The van der Waals surface area contributed by atoms with Crippen LogP contribution in [0.15, 0.2) is 0 Å². The first-order chi connectivity index (χ1) is 7.52. The van der Waals surface area contributed by atoms with E-state index in [1.165, 1.54) is 0 Å². The normalized spacial score (nSPS) is 27.8. The SMILES string of the molecule is CC(C)CNC(=O)C1CCCCC1S(=O)O. The van der Waals surface area contributed by atoms with Gasteiger partial charge in [-0.2, -0.15) is 0 Å². The molecular weight excluding hydrogens is 226 g/mol. The van der Waals surface area contributed by atoms with Crippen molar-refractivity contribution < 1.29 is 13.6 Å². The first-order valence-electron chi connectivity index (χ1n) is 5.89. The second kappa shape index (κ2) is 6.35. The Labute approximate surface area is 99.5 Å². The van der Waals surface area contributed by atoms with Gasteiger partial charge in [0.25, 0.3) is 0 Å². The number of nitrogens with one attached hydrogen (secondary N) is 1. The number of hydrogen-bond donors (Lipinski definition) is 2. The quantitative estimate of drug-likeness (QED) is 0.741. The second-order valence-electron chi connectivity index (χ2n) is 4.84. The Morgan fingerprint density at radius 2 is 2.06 bits per heavy atom. The zero-order valence-corrected chi connectivity index (χ0v) is 10.8. The molecule has 4 nitrogen and oxygen atoms in total. The van der Waals surface area contributed by atoms with Gasteiger partial charge in [0.2, 0.25) is 5.91 Å². The lowest BCUT2D eigenvalue weighted by Crippen LogP contribution is -2.42. The molecule has 16 heavy (non-hydrogen) atoms. The summed E-state index contributed by atoms with van der Waals surface area (Å²) in [6.07, 6.45) is 3.35. The van der Waals surface area contributed by atoms with Gasteiger partial charge >= 0.3 is 0 Å². The summed E-state index contributed by atoms with van der Waals surface area (Å²) >= 11 is -1.88. The highest BCUT2D eigenvalue weighted by Gasteiger charge is 2.34. The number of hydrogen-bond acceptors (Lipinski definition) is 2. The molecule has 0 aromatic heterocycles. The van der Waals surface area contributed by atoms with Crippen LogP contribution in [0, 0.1) is 11.8 Å². The lowest BCUT2D eigenvalue weighted by atomic mass is 9.88. The van der Waals surface area contributed by atoms with Gasteiger partial charge in [-0.25, -0.2) is 4.21 Å². The summed E-state index contributed by atoms with van der Waals surface area (Å²) in [5.41, 5.74) is 0. The summed E-state index contributed by atoms with van der Waals surface area (Å²) in [6, 6.07) is 0. The average molecular weight is 247 g/mol. The maximum atomic E-state index is 11.9. The first kappa shape index (κ1) is 13.6. The van der Waals surface area contributed by atoms with Gasteiger partial charge < -0.3 is 9.87 Å². The van der Waals surface area contributed by atoms with E-state index < -0.39 is 11.1 Å². The third kappa shape index (κ3) is 3.87. The lowest BCUT2D eigenvalue weighted by molar-refractivity contribution is -0.125. The molecule has 3 atom stereocenters. The molecule has 1 aliphatic carbocycles. The van der Waals surface area contributed by atoms with E-state index in [0.29, 0.717) is 18.9 Å². The van der Waals surface area contributed by atoms with Crippen LogP contribution in [-0.2, 0) is 15.9 Å². The Morgan fingerprint density at radius 1 is 1.44 bits per heavy atom. The summed E-state index contributed by atoms with van der Waals surface area (Å²) in [4.78, 5) is 11.9. The van der Waals surface area contributed by atoms with E-state index in [2.05, 4.69) is 5.32 Å². The number of carbonyl (C=O) groups excluding carboxylic acids is 1. The van der Waals surface area contributed by atoms with Gasteiger partial charge in [0.05, 0.1) is 11.2 Å². The second-order valence-corrected chi connectivity index (χ2v) is 6.00. The number of amides is 1. The minimum Gasteiger partial charge on any atom is -0.356 e. The van der Waals surface area contributed by atoms with Crippen molar-refractivity contribution >= 4 is 17.0 Å². The molecular formula is C11H21NO3S. The van der Waals surface area contributed by atoms with Crippen LogP contribution in [0.2, 0.25) is 0 Å². The van der Waals surface area contributed by atoms with Crippen LogP contribution in [0.25, 0.3) is 0 Å². The molecule has 94 valence electrons. The molecule has 0 aromatic rings. The Balaban J connectivity index is 2.54. The summed E-state index contributed by atoms with van der Waals surface area (Å²) in [5, 5.41) is 2.48. The van der Waals surface area contributed by atoms with Crippen molar-refractivity contribution in [1.82, 2.24) is 5.32 Å². The van der Waals surface area contributed by atoms with Crippen molar-refractivity contribution in [2.75, 3.05) is 6.54 Å². The highest BCUT2D eigenvalue weighted by Crippen LogP contribution is 2.27. The first-order valence-corrected chi connectivity index (χ1v) is 7.06. The van der Waals surface area contributed by atoms with Gasteiger partial charge in [0, 0.05) is 6.54 Å². The van der Waals surface area contributed by atoms with E-state index in [1.807, 2.05) is 13.8 Å². The Hall–Kier alpha value is -0.420. The highest BCUT2D eigenvalue weighted by atomic mass is 32.2. The Morgan fingerprint density at radius 3 is 2.62 bits per heavy atom. The molecule has 0 heterocycles. The van der Waals surface area contributed by atoms with Crippen LogP contribution < -0.4 is 5.32 Å². The van der Waals surface area contributed by atoms with E-state index in [9.17, 15) is 9.00 Å². The van der Waals surface area contributed by atoms with Crippen LogP contribution >= 0.6 is 0 Å². The minimum atomic E-state index is -1.88. The van der Waals surface area contributed by atoms with Crippen molar-refractivity contribution in [3.8, 4) is 0 Å². The highest BCUT2D eigenvalue weighted by molar-refractivity contribution is 7.79. The van der Waals surface area contributed by atoms with Crippen LogP contribution in [0.5, 0.6) is 0 Å². The molecule has 0 spiro atoms. The van der Waals surface area contributed by atoms with Gasteiger partial charge in [0.1, 0.15) is 0 Å². The topological polar surface area (TPSA) is 66.4 Å². The molecule has 3 unspecified atom stereocenters. The van der Waals surface area contributed by atoms with Crippen molar-refractivity contribution in [2.45, 2.75) is 44.8 Å². The third-order valence-electron chi connectivity index (χ3n) is 2.98.